The maximum atomic E-state index is 10.7. The van der Waals surface area contributed by atoms with Crippen molar-refractivity contribution in [3.8, 4) is 0 Å². The van der Waals surface area contributed by atoms with Crippen molar-refractivity contribution in [3.63, 3.8) is 0 Å². The summed E-state index contributed by atoms with van der Waals surface area (Å²) in [6.07, 6.45) is 0. The molecule has 2 unspecified atom stereocenters. The lowest BCUT2D eigenvalue weighted by Gasteiger charge is -2.39. The first-order valence-electron chi connectivity index (χ1n) is 6.38. The van der Waals surface area contributed by atoms with Crippen LogP contribution < -0.4 is 5.32 Å². The molecular weight excluding hydrogens is 266 g/mol. The van der Waals surface area contributed by atoms with E-state index >= 15 is 0 Å². The van der Waals surface area contributed by atoms with Crippen LogP contribution in [-0.2, 0) is 6.54 Å². The lowest BCUT2D eigenvalue weighted by molar-refractivity contribution is -0.384. The number of benzene rings is 1. The summed E-state index contributed by atoms with van der Waals surface area (Å²) in [5.74, 6) is 0. The molecule has 1 fully saturated rings. The number of rotatable bonds is 3. The number of nitrogens with zero attached hydrogens (tertiary/aromatic N) is 2. The fraction of sp³-hybridized carbons (Fsp3) is 0.538. The molecule has 1 aliphatic heterocycles. The van der Waals surface area contributed by atoms with E-state index in [-0.39, 0.29) is 5.69 Å². The second-order valence-corrected chi connectivity index (χ2v) is 5.47. The average Bonchev–Trinajstić information content (AvgIpc) is 2.35. The lowest BCUT2D eigenvalue weighted by atomic mass is 10.1. The van der Waals surface area contributed by atoms with E-state index in [1.807, 2.05) is 0 Å². The van der Waals surface area contributed by atoms with Gasteiger partial charge in [-0.3, -0.25) is 15.0 Å². The highest BCUT2D eigenvalue weighted by atomic mass is 35.5. The van der Waals surface area contributed by atoms with Crippen molar-refractivity contribution in [1.82, 2.24) is 10.2 Å². The van der Waals surface area contributed by atoms with Gasteiger partial charge >= 0.3 is 0 Å². The van der Waals surface area contributed by atoms with E-state index in [1.54, 1.807) is 6.07 Å². The number of nitrogens with one attached hydrogen (secondary N) is 1. The monoisotopic (exact) mass is 283 g/mol. The third kappa shape index (κ3) is 3.23. The lowest BCUT2D eigenvalue weighted by Crippen LogP contribution is -2.54. The Kier molecular flexibility index (Phi) is 4.39. The van der Waals surface area contributed by atoms with Crippen molar-refractivity contribution in [3.05, 3.63) is 38.9 Å². The molecule has 1 heterocycles. The summed E-state index contributed by atoms with van der Waals surface area (Å²) < 4.78 is 0. The highest BCUT2D eigenvalue weighted by Crippen LogP contribution is 2.25. The Bertz CT molecular complexity index is 471. The van der Waals surface area contributed by atoms with Gasteiger partial charge in [0.05, 0.1) is 9.95 Å². The van der Waals surface area contributed by atoms with Crippen LogP contribution in [0.3, 0.4) is 0 Å². The molecule has 5 nitrogen and oxygen atoms in total. The molecule has 1 N–H and O–H groups in total. The minimum atomic E-state index is -0.425. The number of hydrogen-bond donors (Lipinski definition) is 1. The van der Waals surface area contributed by atoms with Crippen molar-refractivity contribution in [2.75, 3.05) is 13.1 Å². The van der Waals surface area contributed by atoms with Gasteiger partial charge < -0.3 is 5.32 Å². The Balaban J connectivity index is 2.16. The van der Waals surface area contributed by atoms with Crippen LogP contribution >= 0.6 is 11.6 Å². The van der Waals surface area contributed by atoms with Gasteiger partial charge in [-0.25, -0.2) is 0 Å². The smallest absolute Gasteiger partial charge is 0.270 e. The van der Waals surface area contributed by atoms with E-state index in [9.17, 15) is 10.1 Å². The van der Waals surface area contributed by atoms with E-state index in [1.165, 1.54) is 12.1 Å². The number of non-ortho nitro benzene ring substituents is 1. The summed E-state index contributed by atoms with van der Waals surface area (Å²) in [7, 11) is 0. The number of halogens is 1. The van der Waals surface area contributed by atoms with Crippen molar-refractivity contribution < 1.29 is 4.92 Å². The van der Waals surface area contributed by atoms with Crippen molar-refractivity contribution in [2.24, 2.45) is 0 Å². The predicted molar refractivity (Wildman–Crippen MR) is 75.4 cm³/mol. The van der Waals surface area contributed by atoms with Crippen LogP contribution in [-0.4, -0.2) is 35.0 Å². The Morgan fingerprint density at radius 3 is 2.58 bits per heavy atom. The Morgan fingerprint density at radius 1 is 1.42 bits per heavy atom. The summed E-state index contributed by atoms with van der Waals surface area (Å²) in [5, 5.41) is 14.5. The molecule has 6 heteroatoms. The van der Waals surface area contributed by atoms with Crippen LogP contribution in [0.5, 0.6) is 0 Å². The first-order chi connectivity index (χ1) is 8.99. The second-order valence-electron chi connectivity index (χ2n) is 5.06. The van der Waals surface area contributed by atoms with Crippen LogP contribution in [0.25, 0.3) is 0 Å². The highest BCUT2D eigenvalue weighted by molar-refractivity contribution is 6.31. The molecule has 0 spiro atoms. The van der Waals surface area contributed by atoms with Crippen LogP contribution in [0.15, 0.2) is 18.2 Å². The van der Waals surface area contributed by atoms with E-state index in [0.717, 1.165) is 25.2 Å². The zero-order valence-electron chi connectivity index (χ0n) is 11.1. The Hall–Kier alpha value is -1.17. The minimum absolute atomic E-state index is 0.0372. The first kappa shape index (κ1) is 14.2. The van der Waals surface area contributed by atoms with Crippen LogP contribution in [0.2, 0.25) is 5.02 Å². The average molecular weight is 284 g/mol. The molecule has 19 heavy (non-hydrogen) atoms. The number of piperazine rings is 1. The summed E-state index contributed by atoms with van der Waals surface area (Å²) >= 11 is 6.14. The standard InChI is InChI=1S/C13H18ClN3O2/c1-9-6-15-7-10(2)16(9)8-11-3-4-12(17(18)19)5-13(11)14/h3-5,9-10,15H,6-8H2,1-2H3. The van der Waals surface area contributed by atoms with Gasteiger partial charge in [-0.2, -0.15) is 0 Å². The number of nitro benzene ring substituents is 1. The van der Waals surface area contributed by atoms with Crippen LogP contribution in [0.1, 0.15) is 19.4 Å². The van der Waals surface area contributed by atoms with Crippen LogP contribution in [0.4, 0.5) is 5.69 Å². The summed E-state index contributed by atoms with van der Waals surface area (Å²) in [6, 6.07) is 5.54. The molecular formula is C13H18ClN3O2. The topological polar surface area (TPSA) is 58.4 Å². The third-order valence-electron chi connectivity index (χ3n) is 3.61. The molecule has 2 atom stereocenters. The zero-order chi connectivity index (χ0) is 14.0. The van der Waals surface area contributed by atoms with Gasteiger partial charge in [0.1, 0.15) is 0 Å². The molecule has 2 rings (SSSR count). The molecule has 0 aromatic heterocycles. The Labute approximate surface area is 117 Å². The largest absolute Gasteiger partial charge is 0.314 e. The normalized spacial score (nSPS) is 24.4. The van der Waals surface area contributed by atoms with Gasteiger partial charge in [0, 0.05) is 43.9 Å². The molecule has 0 radical (unpaired) electrons. The predicted octanol–water partition coefficient (Wildman–Crippen LogP) is 2.43. The van der Waals surface area contributed by atoms with Gasteiger partial charge in [0.25, 0.3) is 5.69 Å². The molecule has 1 aliphatic rings. The summed E-state index contributed by atoms with van der Waals surface area (Å²) in [4.78, 5) is 12.6. The Morgan fingerprint density at radius 2 is 2.05 bits per heavy atom. The van der Waals surface area contributed by atoms with Gasteiger partial charge in [-0.15, -0.1) is 0 Å². The highest BCUT2D eigenvalue weighted by Gasteiger charge is 2.25. The van der Waals surface area contributed by atoms with E-state index in [2.05, 4.69) is 24.1 Å². The molecule has 1 saturated heterocycles. The summed E-state index contributed by atoms with van der Waals surface area (Å²) in [5.41, 5.74) is 0.975. The van der Waals surface area contributed by atoms with E-state index < -0.39 is 4.92 Å². The molecule has 1 aromatic rings. The first-order valence-corrected chi connectivity index (χ1v) is 6.76. The summed E-state index contributed by atoms with van der Waals surface area (Å²) in [6.45, 7) is 6.97. The minimum Gasteiger partial charge on any atom is -0.314 e. The molecule has 0 saturated carbocycles. The molecule has 0 amide bonds. The van der Waals surface area contributed by atoms with Crippen molar-refractivity contribution in [2.45, 2.75) is 32.5 Å². The molecule has 1 aromatic carbocycles. The quantitative estimate of drug-likeness (QED) is 0.684. The van der Waals surface area contributed by atoms with Gasteiger partial charge in [0.2, 0.25) is 0 Å². The van der Waals surface area contributed by atoms with Gasteiger partial charge in [0.15, 0.2) is 0 Å². The maximum absolute atomic E-state index is 10.7. The third-order valence-corrected chi connectivity index (χ3v) is 3.96. The molecule has 104 valence electrons. The van der Waals surface area contributed by atoms with E-state index in [4.69, 9.17) is 11.6 Å². The fourth-order valence-corrected chi connectivity index (χ4v) is 2.69. The molecule has 0 aliphatic carbocycles. The second kappa shape index (κ2) is 5.86. The fourth-order valence-electron chi connectivity index (χ4n) is 2.46. The van der Waals surface area contributed by atoms with Crippen molar-refractivity contribution >= 4 is 17.3 Å². The molecule has 0 bridgehead atoms. The maximum Gasteiger partial charge on any atom is 0.270 e. The number of nitro groups is 1. The van der Waals surface area contributed by atoms with Crippen molar-refractivity contribution in [1.29, 1.82) is 0 Å². The van der Waals surface area contributed by atoms with Crippen LogP contribution in [0, 0.1) is 10.1 Å². The van der Waals surface area contributed by atoms with Gasteiger partial charge in [-0.1, -0.05) is 11.6 Å². The van der Waals surface area contributed by atoms with E-state index in [0.29, 0.717) is 17.1 Å². The zero-order valence-corrected chi connectivity index (χ0v) is 11.9. The SMILES string of the molecule is CC1CNCC(C)N1Cc1ccc([N+](=O)[O-])cc1Cl. The van der Waals surface area contributed by atoms with Gasteiger partial charge in [-0.05, 0) is 25.5 Å². The number of hydrogen-bond acceptors (Lipinski definition) is 4.